The van der Waals surface area contributed by atoms with Gasteiger partial charge in [-0.05, 0) is 50.0 Å². The van der Waals surface area contributed by atoms with Crippen molar-refractivity contribution in [1.29, 1.82) is 0 Å². The van der Waals surface area contributed by atoms with Gasteiger partial charge in [0.15, 0.2) is 0 Å². The molecule has 0 aliphatic carbocycles. The largest absolute Gasteiger partial charge is 0.328 e. The molecule has 0 bridgehead atoms. The van der Waals surface area contributed by atoms with Crippen LogP contribution >= 0.6 is 0 Å². The van der Waals surface area contributed by atoms with Crippen molar-refractivity contribution in [3.8, 4) is 0 Å². The van der Waals surface area contributed by atoms with Crippen molar-refractivity contribution in [3.05, 3.63) is 35.6 Å². The average Bonchev–Trinajstić information content (AvgIpc) is 2.30. The van der Waals surface area contributed by atoms with Crippen LogP contribution in [0, 0.1) is 5.82 Å². The van der Waals surface area contributed by atoms with Crippen molar-refractivity contribution in [2.75, 3.05) is 19.6 Å². The van der Waals surface area contributed by atoms with Gasteiger partial charge in [-0.15, -0.1) is 0 Å². The summed E-state index contributed by atoms with van der Waals surface area (Å²) in [7, 11) is 0. The highest BCUT2D eigenvalue weighted by Gasteiger charge is 2.15. The summed E-state index contributed by atoms with van der Waals surface area (Å²) in [6, 6.07) is 7.18. The predicted octanol–water partition coefficient (Wildman–Crippen LogP) is 2.43. The van der Waals surface area contributed by atoms with Gasteiger partial charge in [-0.25, -0.2) is 4.39 Å². The SMILES string of the molecule is C.NC1CCN(CCc2ccc(F)cc2)CC1. The molecule has 2 nitrogen and oxygen atoms in total. The summed E-state index contributed by atoms with van der Waals surface area (Å²) >= 11 is 0. The molecule has 1 aromatic rings. The molecule has 1 aliphatic rings. The maximum atomic E-state index is 12.7. The minimum Gasteiger partial charge on any atom is -0.328 e. The lowest BCUT2D eigenvalue weighted by Gasteiger charge is -2.29. The standard InChI is InChI=1S/C13H19FN2.CH4/c14-12-3-1-11(2-4-12)5-8-16-9-6-13(15)7-10-16;/h1-4,13H,5-10,15H2;1H4. The zero-order chi connectivity index (χ0) is 11.4. The van der Waals surface area contributed by atoms with E-state index < -0.39 is 0 Å². The zero-order valence-corrected chi connectivity index (χ0v) is 9.53. The van der Waals surface area contributed by atoms with E-state index in [1.165, 1.54) is 17.7 Å². The average molecular weight is 238 g/mol. The van der Waals surface area contributed by atoms with Crippen molar-refractivity contribution in [2.24, 2.45) is 5.73 Å². The molecular formula is C14H23FN2. The number of nitrogens with zero attached hydrogens (tertiary/aromatic N) is 1. The lowest BCUT2D eigenvalue weighted by molar-refractivity contribution is 0.215. The van der Waals surface area contributed by atoms with Crippen LogP contribution in [0.25, 0.3) is 0 Å². The number of nitrogens with two attached hydrogens (primary N) is 1. The van der Waals surface area contributed by atoms with Gasteiger partial charge < -0.3 is 10.6 Å². The summed E-state index contributed by atoms with van der Waals surface area (Å²) in [6.07, 6.45) is 3.20. The van der Waals surface area contributed by atoms with Crippen LogP contribution < -0.4 is 5.73 Å². The monoisotopic (exact) mass is 238 g/mol. The second-order valence-corrected chi connectivity index (χ2v) is 4.56. The molecule has 2 N–H and O–H groups in total. The van der Waals surface area contributed by atoms with Crippen molar-refractivity contribution >= 4 is 0 Å². The number of rotatable bonds is 3. The van der Waals surface area contributed by atoms with E-state index in [1.54, 1.807) is 0 Å². The third kappa shape index (κ3) is 4.44. The highest BCUT2D eigenvalue weighted by Crippen LogP contribution is 2.10. The van der Waals surface area contributed by atoms with E-state index in [0.717, 1.165) is 38.9 Å². The van der Waals surface area contributed by atoms with E-state index in [0.29, 0.717) is 6.04 Å². The Morgan fingerprint density at radius 1 is 1.18 bits per heavy atom. The Kier molecular flexibility index (Phi) is 5.59. The third-order valence-electron chi connectivity index (χ3n) is 3.26. The smallest absolute Gasteiger partial charge is 0.123 e. The second-order valence-electron chi connectivity index (χ2n) is 4.56. The molecule has 1 aromatic carbocycles. The molecule has 17 heavy (non-hydrogen) atoms. The molecule has 0 radical (unpaired) electrons. The lowest BCUT2D eigenvalue weighted by Crippen LogP contribution is -2.40. The van der Waals surface area contributed by atoms with Crippen LogP contribution in [0.15, 0.2) is 24.3 Å². The molecule has 0 atom stereocenters. The Balaban J connectivity index is 0.00000144. The van der Waals surface area contributed by atoms with Gasteiger partial charge in [-0.3, -0.25) is 0 Å². The quantitative estimate of drug-likeness (QED) is 0.876. The summed E-state index contributed by atoms with van der Waals surface area (Å²) in [5.41, 5.74) is 7.06. The van der Waals surface area contributed by atoms with Crippen LogP contribution in [-0.2, 0) is 6.42 Å². The first-order valence-corrected chi connectivity index (χ1v) is 5.96. The van der Waals surface area contributed by atoms with Gasteiger partial charge in [0.05, 0.1) is 0 Å². The van der Waals surface area contributed by atoms with E-state index in [9.17, 15) is 4.39 Å². The molecule has 2 rings (SSSR count). The van der Waals surface area contributed by atoms with Gasteiger partial charge in [0, 0.05) is 12.6 Å². The van der Waals surface area contributed by atoms with Crippen LogP contribution in [0.3, 0.4) is 0 Å². The van der Waals surface area contributed by atoms with Crippen LogP contribution in [0.5, 0.6) is 0 Å². The fourth-order valence-corrected chi connectivity index (χ4v) is 2.11. The Labute approximate surface area is 104 Å². The number of hydrogen-bond acceptors (Lipinski definition) is 2. The first kappa shape index (κ1) is 14.1. The van der Waals surface area contributed by atoms with E-state index >= 15 is 0 Å². The topological polar surface area (TPSA) is 29.3 Å². The first-order chi connectivity index (χ1) is 7.74. The molecular weight excluding hydrogens is 215 g/mol. The summed E-state index contributed by atoms with van der Waals surface area (Å²) in [5, 5.41) is 0. The van der Waals surface area contributed by atoms with Crippen LogP contribution in [-0.4, -0.2) is 30.6 Å². The predicted molar refractivity (Wildman–Crippen MR) is 70.5 cm³/mol. The molecule has 1 fully saturated rings. The number of hydrogen-bond donors (Lipinski definition) is 1. The summed E-state index contributed by atoms with van der Waals surface area (Å²) in [4.78, 5) is 2.44. The Morgan fingerprint density at radius 2 is 1.76 bits per heavy atom. The van der Waals surface area contributed by atoms with Gasteiger partial charge >= 0.3 is 0 Å². The third-order valence-corrected chi connectivity index (χ3v) is 3.26. The number of piperidine rings is 1. The molecule has 3 heteroatoms. The lowest BCUT2D eigenvalue weighted by atomic mass is 10.1. The minimum atomic E-state index is -0.160. The molecule has 0 aromatic heterocycles. The number of likely N-dealkylation sites (tertiary alicyclic amines) is 1. The van der Waals surface area contributed by atoms with Gasteiger partial charge in [0.1, 0.15) is 5.82 Å². The van der Waals surface area contributed by atoms with E-state index in [2.05, 4.69) is 4.90 Å². The first-order valence-electron chi connectivity index (χ1n) is 5.96. The summed E-state index contributed by atoms with van der Waals surface area (Å²) < 4.78 is 12.7. The second kappa shape index (κ2) is 6.72. The normalized spacial score (nSPS) is 17.8. The fraction of sp³-hybridized carbons (Fsp3) is 0.571. The van der Waals surface area contributed by atoms with Gasteiger partial charge in [0.25, 0.3) is 0 Å². The molecule has 0 unspecified atom stereocenters. The van der Waals surface area contributed by atoms with Crippen LogP contribution in [0.4, 0.5) is 4.39 Å². The van der Waals surface area contributed by atoms with E-state index in [-0.39, 0.29) is 13.2 Å². The van der Waals surface area contributed by atoms with Crippen molar-refractivity contribution in [1.82, 2.24) is 4.90 Å². The molecule has 1 heterocycles. The Morgan fingerprint density at radius 3 is 2.35 bits per heavy atom. The Hall–Kier alpha value is -0.930. The zero-order valence-electron chi connectivity index (χ0n) is 9.53. The highest BCUT2D eigenvalue weighted by atomic mass is 19.1. The summed E-state index contributed by atoms with van der Waals surface area (Å²) in [6.45, 7) is 3.25. The minimum absolute atomic E-state index is 0. The molecule has 1 aliphatic heterocycles. The molecule has 96 valence electrons. The number of benzene rings is 1. The maximum Gasteiger partial charge on any atom is 0.123 e. The molecule has 0 spiro atoms. The van der Waals surface area contributed by atoms with Crippen molar-refractivity contribution in [3.63, 3.8) is 0 Å². The molecule has 1 saturated heterocycles. The highest BCUT2D eigenvalue weighted by molar-refractivity contribution is 5.16. The molecule has 0 saturated carbocycles. The fourth-order valence-electron chi connectivity index (χ4n) is 2.11. The maximum absolute atomic E-state index is 12.7. The Bertz CT molecular complexity index is 315. The van der Waals surface area contributed by atoms with Crippen molar-refractivity contribution < 1.29 is 4.39 Å². The van der Waals surface area contributed by atoms with Crippen LogP contribution in [0.2, 0.25) is 0 Å². The van der Waals surface area contributed by atoms with Gasteiger partial charge in [-0.1, -0.05) is 19.6 Å². The van der Waals surface area contributed by atoms with Crippen LogP contribution in [0.1, 0.15) is 25.8 Å². The van der Waals surface area contributed by atoms with Crippen molar-refractivity contribution in [2.45, 2.75) is 32.7 Å². The molecule has 0 amide bonds. The van der Waals surface area contributed by atoms with E-state index in [4.69, 9.17) is 5.73 Å². The summed E-state index contributed by atoms with van der Waals surface area (Å²) in [5.74, 6) is -0.160. The number of halogens is 1. The van der Waals surface area contributed by atoms with E-state index in [1.807, 2.05) is 12.1 Å². The van der Waals surface area contributed by atoms with Gasteiger partial charge in [-0.2, -0.15) is 0 Å². The van der Waals surface area contributed by atoms with Gasteiger partial charge in [0.2, 0.25) is 0 Å².